The van der Waals surface area contributed by atoms with Crippen molar-refractivity contribution in [2.75, 3.05) is 13.1 Å². The minimum atomic E-state index is -3.87. The number of carbonyl (C=O) groups excluding carboxylic acids is 1. The summed E-state index contributed by atoms with van der Waals surface area (Å²) in [6.07, 6.45) is 2.05. The van der Waals surface area contributed by atoms with Crippen molar-refractivity contribution in [3.63, 3.8) is 0 Å². The first-order valence-electron chi connectivity index (χ1n) is 5.85. The van der Waals surface area contributed by atoms with E-state index in [1.54, 1.807) is 0 Å². The van der Waals surface area contributed by atoms with Gasteiger partial charge in [0, 0.05) is 23.5 Å². The monoisotopic (exact) mass is 349 g/mol. The van der Waals surface area contributed by atoms with Crippen LogP contribution in [0.5, 0.6) is 0 Å². The van der Waals surface area contributed by atoms with Crippen LogP contribution in [0.3, 0.4) is 0 Å². The van der Waals surface area contributed by atoms with Crippen molar-refractivity contribution in [1.82, 2.24) is 4.31 Å². The summed E-state index contributed by atoms with van der Waals surface area (Å²) >= 11 is 3.09. The Bertz CT molecular complexity index is 591. The van der Waals surface area contributed by atoms with Crippen molar-refractivity contribution in [3.05, 3.63) is 28.5 Å². The van der Waals surface area contributed by atoms with Crippen LogP contribution in [0.4, 0.5) is 4.39 Å². The van der Waals surface area contributed by atoms with E-state index in [2.05, 4.69) is 15.9 Å². The Balaban J connectivity index is 2.33. The second-order valence-corrected chi connectivity index (χ2v) is 7.30. The number of sulfonamides is 1. The third kappa shape index (κ3) is 3.04. The Hall–Kier alpha value is -0.790. The Kier molecular flexibility index (Phi) is 4.37. The summed E-state index contributed by atoms with van der Waals surface area (Å²) in [6.45, 7) is 0.448. The summed E-state index contributed by atoms with van der Waals surface area (Å²) in [5, 5.41) is 0. The second kappa shape index (κ2) is 5.68. The summed E-state index contributed by atoms with van der Waals surface area (Å²) < 4.78 is 40.1. The van der Waals surface area contributed by atoms with Crippen molar-refractivity contribution in [3.8, 4) is 0 Å². The maximum Gasteiger partial charge on any atom is 0.246 e. The van der Waals surface area contributed by atoms with Crippen LogP contribution in [0.1, 0.15) is 12.8 Å². The number of halogens is 2. The van der Waals surface area contributed by atoms with Gasteiger partial charge >= 0.3 is 0 Å². The molecule has 1 heterocycles. The largest absolute Gasteiger partial charge is 0.303 e. The SMILES string of the molecule is O=CC1CCCN(S(=O)(=O)c2ccc(Br)cc2F)C1. The molecule has 104 valence electrons. The number of rotatable bonds is 3. The van der Waals surface area contributed by atoms with E-state index in [1.807, 2.05) is 0 Å². The fourth-order valence-corrected chi connectivity index (χ4v) is 4.04. The Morgan fingerprint density at radius 1 is 1.42 bits per heavy atom. The van der Waals surface area contributed by atoms with E-state index in [1.165, 1.54) is 16.4 Å². The van der Waals surface area contributed by atoms with Crippen LogP contribution in [0.25, 0.3) is 0 Å². The Labute approximate surface area is 119 Å². The van der Waals surface area contributed by atoms with Gasteiger partial charge in [-0.1, -0.05) is 15.9 Å². The van der Waals surface area contributed by atoms with Gasteiger partial charge in [0.2, 0.25) is 10.0 Å². The molecule has 0 saturated carbocycles. The van der Waals surface area contributed by atoms with Crippen LogP contribution in [0.2, 0.25) is 0 Å². The summed E-state index contributed by atoms with van der Waals surface area (Å²) in [4.78, 5) is 10.4. The molecule has 7 heteroatoms. The van der Waals surface area contributed by atoms with Crippen LogP contribution in [0, 0.1) is 11.7 Å². The minimum Gasteiger partial charge on any atom is -0.303 e. The Morgan fingerprint density at radius 3 is 2.79 bits per heavy atom. The van der Waals surface area contributed by atoms with E-state index in [-0.39, 0.29) is 17.4 Å². The van der Waals surface area contributed by atoms with Gasteiger partial charge in [-0.15, -0.1) is 0 Å². The fourth-order valence-electron chi connectivity index (χ4n) is 2.13. The van der Waals surface area contributed by atoms with E-state index < -0.39 is 15.8 Å². The lowest BCUT2D eigenvalue weighted by Gasteiger charge is -2.29. The molecule has 1 aromatic carbocycles. The van der Waals surface area contributed by atoms with E-state index in [9.17, 15) is 17.6 Å². The van der Waals surface area contributed by atoms with E-state index in [0.29, 0.717) is 23.9 Å². The highest BCUT2D eigenvalue weighted by molar-refractivity contribution is 9.10. The van der Waals surface area contributed by atoms with E-state index in [0.717, 1.165) is 12.4 Å². The molecular weight excluding hydrogens is 337 g/mol. The van der Waals surface area contributed by atoms with Crippen LogP contribution < -0.4 is 0 Å². The van der Waals surface area contributed by atoms with Crippen molar-refractivity contribution in [1.29, 1.82) is 0 Å². The van der Waals surface area contributed by atoms with Gasteiger partial charge in [-0.25, -0.2) is 12.8 Å². The minimum absolute atomic E-state index is 0.126. The van der Waals surface area contributed by atoms with Crippen molar-refractivity contribution in [2.24, 2.45) is 5.92 Å². The summed E-state index contributed by atoms with van der Waals surface area (Å²) in [6, 6.07) is 3.84. The standard InChI is InChI=1S/C12H13BrFNO3S/c13-10-3-4-12(11(14)6-10)19(17,18)15-5-1-2-9(7-15)8-16/h3-4,6,8-9H,1-2,5,7H2. The zero-order chi connectivity index (χ0) is 14.0. The van der Waals surface area contributed by atoms with Crippen LogP contribution in [-0.4, -0.2) is 32.1 Å². The van der Waals surface area contributed by atoms with Gasteiger partial charge in [0.05, 0.1) is 0 Å². The van der Waals surface area contributed by atoms with Crippen molar-refractivity contribution < 1.29 is 17.6 Å². The molecule has 0 bridgehead atoms. The molecule has 2 rings (SSSR count). The first-order valence-corrected chi connectivity index (χ1v) is 8.09. The van der Waals surface area contributed by atoms with E-state index in [4.69, 9.17) is 0 Å². The maximum atomic E-state index is 13.8. The zero-order valence-electron chi connectivity index (χ0n) is 10.1. The molecule has 0 amide bonds. The molecule has 0 aromatic heterocycles. The smallest absolute Gasteiger partial charge is 0.246 e. The van der Waals surface area contributed by atoms with Gasteiger partial charge in [0.15, 0.2) is 0 Å². The van der Waals surface area contributed by atoms with Gasteiger partial charge < -0.3 is 4.79 Å². The Morgan fingerprint density at radius 2 is 2.16 bits per heavy atom. The molecule has 1 saturated heterocycles. The first-order chi connectivity index (χ1) is 8.95. The number of hydrogen-bond acceptors (Lipinski definition) is 3. The quantitative estimate of drug-likeness (QED) is 0.786. The highest BCUT2D eigenvalue weighted by atomic mass is 79.9. The average Bonchev–Trinajstić information content (AvgIpc) is 2.38. The van der Waals surface area contributed by atoms with E-state index >= 15 is 0 Å². The van der Waals surface area contributed by atoms with Crippen molar-refractivity contribution >= 4 is 32.2 Å². The van der Waals surface area contributed by atoms with Crippen LogP contribution in [-0.2, 0) is 14.8 Å². The molecule has 0 radical (unpaired) electrons. The van der Waals surface area contributed by atoms with Crippen LogP contribution in [0.15, 0.2) is 27.6 Å². The predicted molar refractivity (Wildman–Crippen MR) is 71.6 cm³/mol. The lowest BCUT2D eigenvalue weighted by Crippen LogP contribution is -2.40. The predicted octanol–water partition coefficient (Wildman–Crippen LogP) is 2.19. The number of benzene rings is 1. The lowest BCUT2D eigenvalue weighted by molar-refractivity contribution is -0.112. The average molecular weight is 350 g/mol. The molecule has 1 aliphatic rings. The topological polar surface area (TPSA) is 54.5 Å². The van der Waals surface area contributed by atoms with Gasteiger partial charge in [0.25, 0.3) is 0 Å². The molecule has 4 nitrogen and oxygen atoms in total. The lowest BCUT2D eigenvalue weighted by atomic mass is 10.0. The number of carbonyl (C=O) groups is 1. The zero-order valence-corrected chi connectivity index (χ0v) is 12.5. The molecule has 1 unspecified atom stereocenters. The normalized spacial score (nSPS) is 21.3. The summed E-state index contributed by atoms with van der Waals surface area (Å²) in [5.74, 6) is -1.09. The second-order valence-electron chi connectivity index (χ2n) is 4.48. The highest BCUT2D eigenvalue weighted by Crippen LogP contribution is 2.26. The number of nitrogens with zero attached hydrogens (tertiary/aromatic N) is 1. The number of aldehydes is 1. The molecule has 19 heavy (non-hydrogen) atoms. The molecule has 0 aliphatic carbocycles. The summed E-state index contributed by atoms with van der Waals surface area (Å²) in [7, 11) is -3.87. The van der Waals surface area contributed by atoms with Gasteiger partial charge in [-0.3, -0.25) is 0 Å². The fraction of sp³-hybridized carbons (Fsp3) is 0.417. The molecular formula is C12H13BrFNO3S. The molecule has 0 N–H and O–H groups in total. The third-order valence-electron chi connectivity index (χ3n) is 3.12. The molecule has 1 aromatic rings. The number of piperidine rings is 1. The van der Waals surface area contributed by atoms with Crippen LogP contribution >= 0.6 is 15.9 Å². The number of hydrogen-bond donors (Lipinski definition) is 0. The molecule has 0 spiro atoms. The molecule has 1 fully saturated rings. The maximum absolute atomic E-state index is 13.8. The summed E-state index contributed by atoms with van der Waals surface area (Å²) in [5.41, 5.74) is 0. The highest BCUT2D eigenvalue weighted by Gasteiger charge is 2.31. The molecule has 1 aliphatic heterocycles. The van der Waals surface area contributed by atoms with Gasteiger partial charge in [-0.2, -0.15) is 4.31 Å². The first kappa shape index (κ1) is 14.6. The van der Waals surface area contributed by atoms with Gasteiger partial charge in [0.1, 0.15) is 17.0 Å². The van der Waals surface area contributed by atoms with Crippen molar-refractivity contribution in [2.45, 2.75) is 17.7 Å². The molecule has 1 atom stereocenters. The van der Waals surface area contributed by atoms with Gasteiger partial charge in [-0.05, 0) is 31.0 Å². The third-order valence-corrected chi connectivity index (χ3v) is 5.52.